The second kappa shape index (κ2) is 3.24. The first-order valence-electron chi connectivity index (χ1n) is 4.64. The molecule has 0 saturated carbocycles. The fourth-order valence-electron chi connectivity index (χ4n) is 2.05. The molecule has 0 heterocycles. The Morgan fingerprint density at radius 2 is 2.13 bits per heavy atom. The third kappa shape index (κ3) is 1.31. The number of benzene rings is 1. The molecule has 76 valence electrons. The summed E-state index contributed by atoms with van der Waals surface area (Å²) in [4.78, 5) is 10.2. The zero-order valence-electron chi connectivity index (χ0n) is 7.99. The molecule has 15 heavy (non-hydrogen) atoms. The Bertz CT molecular complexity index is 488. The van der Waals surface area contributed by atoms with Gasteiger partial charge in [-0.15, -0.1) is 0 Å². The zero-order chi connectivity index (χ0) is 11.0. The van der Waals surface area contributed by atoms with E-state index in [0.717, 1.165) is 30.4 Å². The van der Waals surface area contributed by atoms with Crippen LogP contribution in [0.15, 0.2) is 6.07 Å². The molecule has 2 N–H and O–H groups in total. The molecule has 0 unspecified atom stereocenters. The Morgan fingerprint density at radius 1 is 1.47 bits per heavy atom. The van der Waals surface area contributed by atoms with Crippen molar-refractivity contribution in [2.45, 2.75) is 19.3 Å². The summed E-state index contributed by atoms with van der Waals surface area (Å²) in [6, 6.07) is 3.27. The van der Waals surface area contributed by atoms with Crippen molar-refractivity contribution in [3.63, 3.8) is 0 Å². The second-order valence-electron chi connectivity index (χ2n) is 3.54. The van der Waals surface area contributed by atoms with Crippen LogP contribution in [0.4, 0.5) is 11.4 Å². The van der Waals surface area contributed by atoms with Crippen LogP contribution in [0.3, 0.4) is 0 Å². The molecular weight excluding hydrogens is 194 g/mol. The molecule has 0 spiro atoms. The number of rotatable bonds is 1. The lowest BCUT2D eigenvalue weighted by molar-refractivity contribution is -0.384. The average molecular weight is 203 g/mol. The standard InChI is InChI=1S/C10H9N3O2/c11-5-6-4-9(13(14)15)10(12)8-3-1-2-7(6)8/h4H,1-3,12H2. The van der Waals surface area contributed by atoms with Gasteiger partial charge in [-0.1, -0.05) is 0 Å². The number of nitro groups is 1. The highest BCUT2D eigenvalue weighted by molar-refractivity contribution is 5.70. The molecule has 5 heteroatoms. The van der Waals surface area contributed by atoms with Crippen LogP contribution in [0.25, 0.3) is 0 Å². The minimum absolute atomic E-state index is 0.146. The van der Waals surface area contributed by atoms with Crippen molar-refractivity contribution in [2.75, 3.05) is 5.73 Å². The smallest absolute Gasteiger partial charge is 0.293 e. The summed E-state index contributed by atoms with van der Waals surface area (Å²) in [5, 5.41) is 19.6. The Hall–Kier alpha value is -2.09. The molecule has 2 rings (SSSR count). The number of fused-ring (bicyclic) bond motifs is 1. The maximum Gasteiger partial charge on any atom is 0.293 e. The summed E-state index contributed by atoms with van der Waals surface area (Å²) in [6.07, 6.45) is 2.44. The van der Waals surface area contributed by atoms with E-state index in [2.05, 4.69) is 0 Å². The summed E-state index contributed by atoms with van der Waals surface area (Å²) < 4.78 is 0. The van der Waals surface area contributed by atoms with Gasteiger partial charge >= 0.3 is 0 Å². The zero-order valence-corrected chi connectivity index (χ0v) is 7.99. The van der Waals surface area contributed by atoms with Crippen molar-refractivity contribution in [3.8, 4) is 6.07 Å². The molecule has 0 fully saturated rings. The molecule has 1 aliphatic rings. The van der Waals surface area contributed by atoms with E-state index in [9.17, 15) is 10.1 Å². The molecule has 0 bridgehead atoms. The lowest BCUT2D eigenvalue weighted by atomic mass is 10.0. The van der Waals surface area contributed by atoms with Crippen LogP contribution in [0.1, 0.15) is 23.1 Å². The van der Waals surface area contributed by atoms with Gasteiger partial charge in [-0.3, -0.25) is 10.1 Å². The van der Waals surface area contributed by atoms with Gasteiger partial charge in [-0.2, -0.15) is 5.26 Å². The van der Waals surface area contributed by atoms with Crippen LogP contribution < -0.4 is 5.73 Å². The number of nitrogens with two attached hydrogens (primary N) is 1. The van der Waals surface area contributed by atoms with Crippen LogP contribution in [-0.4, -0.2) is 4.92 Å². The van der Waals surface area contributed by atoms with Gasteiger partial charge in [0, 0.05) is 6.07 Å². The van der Waals surface area contributed by atoms with E-state index in [4.69, 9.17) is 11.0 Å². The lowest BCUT2D eigenvalue weighted by Gasteiger charge is -2.06. The van der Waals surface area contributed by atoms with Crippen molar-refractivity contribution in [1.82, 2.24) is 0 Å². The Kier molecular flexibility index (Phi) is 2.05. The van der Waals surface area contributed by atoms with E-state index in [1.807, 2.05) is 6.07 Å². The number of anilines is 1. The van der Waals surface area contributed by atoms with Gasteiger partial charge in [0.1, 0.15) is 5.69 Å². The van der Waals surface area contributed by atoms with Crippen LogP contribution in [-0.2, 0) is 12.8 Å². The Morgan fingerprint density at radius 3 is 2.73 bits per heavy atom. The second-order valence-corrected chi connectivity index (χ2v) is 3.54. The summed E-state index contributed by atoms with van der Waals surface area (Å²) in [7, 11) is 0. The molecule has 1 aromatic rings. The highest BCUT2D eigenvalue weighted by Crippen LogP contribution is 2.36. The van der Waals surface area contributed by atoms with Gasteiger partial charge in [-0.25, -0.2) is 0 Å². The van der Waals surface area contributed by atoms with Crippen molar-refractivity contribution >= 4 is 11.4 Å². The maximum atomic E-state index is 10.7. The highest BCUT2D eigenvalue weighted by atomic mass is 16.6. The number of nitrogen functional groups attached to an aromatic ring is 1. The molecule has 0 atom stereocenters. The Labute approximate surface area is 86.3 Å². The lowest BCUT2D eigenvalue weighted by Crippen LogP contribution is -2.02. The topological polar surface area (TPSA) is 92.9 Å². The molecule has 0 radical (unpaired) electrons. The molecule has 1 aliphatic carbocycles. The maximum absolute atomic E-state index is 10.7. The third-order valence-electron chi connectivity index (χ3n) is 2.74. The minimum atomic E-state index is -0.533. The first-order chi connectivity index (χ1) is 7.15. The van der Waals surface area contributed by atoms with E-state index < -0.39 is 4.92 Å². The molecule has 0 aromatic heterocycles. The van der Waals surface area contributed by atoms with E-state index in [1.54, 1.807) is 0 Å². The molecule has 0 aliphatic heterocycles. The number of nitriles is 1. The minimum Gasteiger partial charge on any atom is -0.393 e. The summed E-state index contributed by atoms with van der Waals surface area (Å²) in [6.45, 7) is 0. The SMILES string of the molecule is N#Cc1cc([N+](=O)[O-])c(N)c2c1CCC2. The summed E-state index contributed by atoms with van der Waals surface area (Å²) in [5.74, 6) is 0. The van der Waals surface area contributed by atoms with E-state index >= 15 is 0 Å². The van der Waals surface area contributed by atoms with Gasteiger partial charge in [-0.05, 0) is 30.4 Å². The quantitative estimate of drug-likeness (QED) is 0.425. The number of hydrogen-bond acceptors (Lipinski definition) is 4. The number of nitro benzene ring substituents is 1. The summed E-state index contributed by atoms with van der Waals surface area (Å²) >= 11 is 0. The first-order valence-corrected chi connectivity index (χ1v) is 4.64. The third-order valence-corrected chi connectivity index (χ3v) is 2.74. The predicted octanol–water partition coefficient (Wildman–Crippen LogP) is 1.54. The van der Waals surface area contributed by atoms with Gasteiger partial charge in [0.25, 0.3) is 5.69 Å². The van der Waals surface area contributed by atoms with Gasteiger partial charge < -0.3 is 5.73 Å². The predicted molar refractivity (Wildman–Crippen MR) is 54.2 cm³/mol. The van der Waals surface area contributed by atoms with Gasteiger partial charge in [0.15, 0.2) is 0 Å². The monoisotopic (exact) mass is 203 g/mol. The molecule has 0 saturated heterocycles. The molecule has 1 aromatic carbocycles. The molecule has 5 nitrogen and oxygen atoms in total. The normalized spacial score (nSPS) is 13.3. The Balaban J connectivity index is 2.73. The molecule has 0 amide bonds. The number of nitrogens with zero attached hydrogens (tertiary/aromatic N) is 2. The van der Waals surface area contributed by atoms with Gasteiger partial charge in [0.05, 0.1) is 16.6 Å². The van der Waals surface area contributed by atoms with E-state index in [-0.39, 0.29) is 11.4 Å². The van der Waals surface area contributed by atoms with Crippen molar-refractivity contribution < 1.29 is 4.92 Å². The van der Waals surface area contributed by atoms with Crippen molar-refractivity contribution in [1.29, 1.82) is 5.26 Å². The highest BCUT2D eigenvalue weighted by Gasteiger charge is 2.25. The van der Waals surface area contributed by atoms with E-state index in [0.29, 0.717) is 5.56 Å². The first kappa shape index (κ1) is 9.46. The van der Waals surface area contributed by atoms with Crippen LogP contribution in [0.5, 0.6) is 0 Å². The molecular formula is C10H9N3O2. The fraction of sp³-hybridized carbons (Fsp3) is 0.300. The number of hydrogen-bond donors (Lipinski definition) is 1. The van der Waals surface area contributed by atoms with Crippen molar-refractivity contribution in [3.05, 3.63) is 32.9 Å². The van der Waals surface area contributed by atoms with Crippen LogP contribution in [0.2, 0.25) is 0 Å². The fourth-order valence-corrected chi connectivity index (χ4v) is 2.05. The largest absolute Gasteiger partial charge is 0.393 e. The average Bonchev–Trinajstić information content (AvgIpc) is 2.67. The van der Waals surface area contributed by atoms with E-state index in [1.165, 1.54) is 6.07 Å². The van der Waals surface area contributed by atoms with Crippen molar-refractivity contribution in [2.24, 2.45) is 0 Å². The van der Waals surface area contributed by atoms with Crippen LogP contribution in [0, 0.1) is 21.4 Å². The van der Waals surface area contributed by atoms with Gasteiger partial charge in [0.2, 0.25) is 0 Å². The van der Waals surface area contributed by atoms with Crippen LogP contribution >= 0.6 is 0 Å². The summed E-state index contributed by atoms with van der Waals surface area (Å²) in [5.41, 5.74) is 7.86.